The fraction of sp³-hybridized carbons (Fsp3) is 0.217. The normalized spacial score (nSPS) is 11.1. The molecular weight excluding hydrogens is 374 g/mol. The van der Waals surface area contributed by atoms with Gasteiger partial charge in [-0.1, -0.05) is 35.9 Å². The minimum atomic E-state index is -0.187. The van der Waals surface area contributed by atoms with Crippen molar-refractivity contribution in [1.29, 1.82) is 0 Å². The van der Waals surface area contributed by atoms with Gasteiger partial charge in [-0.15, -0.1) is 0 Å². The van der Waals surface area contributed by atoms with Crippen LogP contribution in [0.3, 0.4) is 0 Å². The van der Waals surface area contributed by atoms with Gasteiger partial charge in [0, 0.05) is 16.8 Å². The van der Waals surface area contributed by atoms with Crippen molar-refractivity contribution in [1.82, 2.24) is 4.98 Å². The number of nitrogens with zero attached hydrogens (tertiary/aromatic N) is 1. The van der Waals surface area contributed by atoms with Crippen LogP contribution < -0.4 is 4.74 Å². The van der Waals surface area contributed by atoms with E-state index in [1.807, 2.05) is 66.7 Å². The number of halogens is 1. The monoisotopic (exact) mass is 395 g/mol. The summed E-state index contributed by atoms with van der Waals surface area (Å²) in [6.07, 6.45) is 4.96. The zero-order valence-corrected chi connectivity index (χ0v) is 16.5. The largest absolute Gasteiger partial charge is 0.494 e. The Bertz CT molecular complexity index is 984. The summed E-state index contributed by atoms with van der Waals surface area (Å²) in [5.74, 6) is 0.583. The minimum Gasteiger partial charge on any atom is -0.494 e. The van der Waals surface area contributed by atoms with Gasteiger partial charge in [0.25, 0.3) is 0 Å². The van der Waals surface area contributed by atoms with Crippen molar-refractivity contribution in [2.24, 2.45) is 0 Å². The van der Waals surface area contributed by atoms with Crippen LogP contribution in [0.1, 0.15) is 31.0 Å². The molecule has 3 rings (SSSR count). The summed E-state index contributed by atoms with van der Waals surface area (Å²) in [5.41, 5.74) is 2.79. The molecule has 0 bridgehead atoms. The van der Waals surface area contributed by atoms with Gasteiger partial charge in [-0.2, -0.15) is 0 Å². The van der Waals surface area contributed by atoms with Gasteiger partial charge in [0.2, 0.25) is 0 Å². The van der Waals surface area contributed by atoms with Crippen LogP contribution >= 0.6 is 11.6 Å². The molecular formula is C23H22ClNO3. The SMILES string of the molecule is CCOC(=O)CCCOc1cccc(/C=C/c2ccc3cc(Cl)ccc3n2)c1. The van der Waals surface area contributed by atoms with E-state index in [0.717, 1.165) is 27.9 Å². The summed E-state index contributed by atoms with van der Waals surface area (Å²) in [5, 5.41) is 1.72. The molecule has 0 N–H and O–H groups in total. The second kappa shape index (κ2) is 9.90. The molecule has 0 atom stereocenters. The predicted octanol–water partition coefficient (Wildman–Crippen LogP) is 5.78. The lowest BCUT2D eigenvalue weighted by Gasteiger charge is -2.07. The fourth-order valence-corrected chi connectivity index (χ4v) is 2.91. The number of carbonyl (C=O) groups is 1. The summed E-state index contributed by atoms with van der Waals surface area (Å²) in [7, 11) is 0. The van der Waals surface area contributed by atoms with Gasteiger partial charge >= 0.3 is 5.97 Å². The molecule has 5 heteroatoms. The Hall–Kier alpha value is -2.85. The van der Waals surface area contributed by atoms with E-state index in [9.17, 15) is 4.79 Å². The van der Waals surface area contributed by atoms with Crippen molar-refractivity contribution in [2.45, 2.75) is 19.8 Å². The van der Waals surface area contributed by atoms with Crippen molar-refractivity contribution >= 4 is 40.6 Å². The summed E-state index contributed by atoms with van der Waals surface area (Å²) < 4.78 is 10.6. The van der Waals surface area contributed by atoms with Gasteiger partial charge in [0.05, 0.1) is 24.4 Å². The summed E-state index contributed by atoms with van der Waals surface area (Å²) in [4.78, 5) is 16.0. The molecule has 0 aliphatic heterocycles. The number of ether oxygens (including phenoxy) is 2. The number of pyridine rings is 1. The maximum absolute atomic E-state index is 11.3. The molecule has 4 nitrogen and oxygen atoms in total. The molecule has 0 spiro atoms. The molecule has 0 unspecified atom stereocenters. The van der Waals surface area contributed by atoms with E-state index in [0.29, 0.717) is 31.1 Å². The Balaban J connectivity index is 1.59. The average Bonchev–Trinajstić information content (AvgIpc) is 2.70. The maximum atomic E-state index is 11.3. The lowest BCUT2D eigenvalue weighted by Crippen LogP contribution is -2.06. The molecule has 0 saturated heterocycles. The first-order valence-corrected chi connectivity index (χ1v) is 9.65. The Kier molecular flexibility index (Phi) is 7.04. The number of rotatable bonds is 8. The first-order valence-electron chi connectivity index (χ1n) is 9.27. The van der Waals surface area contributed by atoms with E-state index in [2.05, 4.69) is 4.98 Å². The van der Waals surface area contributed by atoms with Crippen LogP contribution in [0.25, 0.3) is 23.1 Å². The third-order valence-electron chi connectivity index (χ3n) is 4.08. The molecule has 3 aromatic rings. The fourth-order valence-electron chi connectivity index (χ4n) is 2.73. The van der Waals surface area contributed by atoms with E-state index in [4.69, 9.17) is 21.1 Å². The summed E-state index contributed by atoms with van der Waals surface area (Å²) in [6, 6.07) is 17.4. The van der Waals surface area contributed by atoms with Crippen molar-refractivity contribution in [3.05, 3.63) is 70.9 Å². The molecule has 0 saturated carbocycles. The third kappa shape index (κ3) is 5.83. The molecule has 2 aromatic carbocycles. The highest BCUT2D eigenvalue weighted by Crippen LogP contribution is 2.20. The molecule has 0 fully saturated rings. The Labute approximate surface area is 169 Å². The summed E-state index contributed by atoms with van der Waals surface area (Å²) >= 11 is 6.01. The second-order valence-corrected chi connectivity index (χ2v) is 6.67. The zero-order valence-electron chi connectivity index (χ0n) is 15.7. The number of benzene rings is 2. The van der Waals surface area contributed by atoms with Crippen LogP contribution in [0.5, 0.6) is 5.75 Å². The smallest absolute Gasteiger partial charge is 0.305 e. The molecule has 1 aromatic heterocycles. The average molecular weight is 396 g/mol. The first kappa shape index (κ1) is 19.9. The molecule has 1 heterocycles. The molecule has 28 heavy (non-hydrogen) atoms. The third-order valence-corrected chi connectivity index (χ3v) is 4.31. The second-order valence-electron chi connectivity index (χ2n) is 6.24. The zero-order chi connectivity index (χ0) is 19.8. The van der Waals surface area contributed by atoms with Gasteiger partial charge < -0.3 is 9.47 Å². The first-order chi connectivity index (χ1) is 13.6. The molecule has 0 amide bonds. The van der Waals surface area contributed by atoms with Crippen molar-refractivity contribution in [2.75, 3.05) is 13.2 Å². The van der Waals surface area contributed by atoms with Crippen molar-refractivity contribution in [3.63, 3.8) is 0 Å². The van der Waals surface area contributed by atoms with Crippen LogP contribution in [0.15, 0.2) is 54.6 Å². The molecule has 0 aliphatic carbocycles. The standard InChI is InChI=1S/C23H22ClNO3/c1-2-27-23(26)7-4-14-28-21-6-3-5-17(15-21)8-11-20-12-9-18-16-19(24)10-13-22(18)25-20/h3,5-6,8-13,15-16H,2,4,7,14H2,1H3/b11-8+. The topological polar surface area (TPSA) is 48.4 Å². The van der Waals surface area contributed by atoms with Crippen LogP contribution in [-0.2, 0) is 9.53 Å². The highest BCUT2D eigenvalue weighted by Gasteiger charge is 2.02. The van der Waals surface area contributed by atoms with Crippen LogP contribution in [0.2, 0.25) is 5.02 Å². The highest BCUT2D eigenvalue weighted by molar-refractivity contribution is 6.31. The molecule has 0 radical (unpaired) electrons. The van der Waals surface area contributed by atoms with Crippen LogP contribution in [0, 0.1) is 0 Å². The number of aromatic nitrogens is 1. The predicted molar refractivity (Wildman–Crippen MR) is 113 cm³/mol. The van der Waals surface area contributed by atoms with E-state index in [1.54, 1.807) is 6.92 Å². The lowest BCUT2D eigenvalue weighted by atomic mass is 10.1. The van der Waals surface area contributed by atoms with E-state index in [1.165, 1.54) is 0 Å². The van der Waals surface area contributed by atoms with Crippen LogP contribution in [0.4, 0.5) is 0 Å². The number of fused-ring (bicyclic) bond motifs is 1. The van der Waals surface area contributed by atoms with Crippen molar-refractivity contribution < 1.29 is 14.3 Å². The van der Waals surface area contributed by atoms with E-state index >= 15 is 0 Å². The van der Waals surface area contributed by atoms with Gasteiger partial charge in [-0.25, -0.2) is 4.98 Å². The maximum Gasteiger partial charge on any atom is 0.305 e. The number of hydrogen-bond acceptors (Lipinski definition) is 4. The number of hydrogen-bond donors (Lipinski definition) is 0. The number of esters is 1. The van der Waals surface area contributed by atoms with E-state index < -0.39 is 0 Å². The summed E-state index contributed by atoms with van der Waals surface area (Å²) in [6.45, 7) is 2.69. The molecule has 144 valence electrons. The van der Waals surface area contributed by atoms with Gasteiger partial charge in [-0.05, 0) is 61.4 Å². The van der Waals surface area contributed by atoms with Crippen molar-refractivity contribution in [3.8, 4) is 5.75 Å². The van der Waals surface area contributed by atoms with Gasteiger partial charge in [0.15, 0.2) is 0 Å². The van der Waals surface area contributed by atoms with E-state index in [-0.39, 0.29) is 5.97 Å². The Morgan fingerprint density at radius 2 is 2.00 bits per heavy atom. The quantitative estimate of drug-likeness (QED) is 0.358. The number of carbonyl (C=O) groups excluding carboxylic acids is 1. The molecule has 0 aliphatic rings. The minimum absolute atomic E-state index is 0.187. The Morgan fingerprint density at radius 1 is 1.11 bits per heavy atom. The lowest BCUT2D eigenvalue weighted by molar-refractivity contribution is -0.143. The Morgan fingerprint density at radius 3 is 2.86 bits per heavy atom. The van der Waals surface area contributed by atoms with Crippen LogP contribution in [-0.4, -0.2) is 24.2 Å². The van der Waals surface area contributed by atoms with Gasteiger partial charge in [0.1, 0.15) is 5.75 Å². The highest BCUT2D eigenvalue weighted by atomic mass is 35.5. The van der Waals surface area contributed by atoms with Gasteiger partial charge in [-0.3, -0.25) is 4.79 Å².